The highest BCUT2D eigenvalue weighted by Gasteiger charge is 2.34. The van der Waals surface area contributed by atoms with Crippen LogP contribution in [0.5, 0.6) is 23.0 Å². The number of ketones is 1. The van der Waals surface area contributed by atoms with Crippen LogP contribution >= 0.6 is 0 Å². The van der Waals surface area contributed by atoms with E-state index in [2.05, 4.69) is 4.90 Å². The van der Waals surface area contributed by atoms with Crippen LogP contribution in [0.4, 0.5) is 0 Å². The summed E-state index contributed by atoms with van der Waals surface area (Å²) in [6, 6.07) is 13.2. The van der Waals surface area contributed by atoms with Crippen molar-refractivity contribution in [3.8, 4) is 23.0 Å². The molecule has 0 N–H and O–H groups in total. The van der Waals surface area contributed by atoms with Crippen molar-refractivity contribution in [3.63, 3.8) is 0 Å². The Labute approximate surface area is 178 Å². The monoisotopic (exact) mass is 417 g/mol. The van der Waals surface area contributed by atoms with E-state index >= 15 is 0 Å². The van der Waals surface area contributed by atoms with Crippen molar-refractivity contribution in [2.45, 2.75) is 20.0 Å². The molecule has 2 aromatic carbocycles. The first-order chi connectivity index (χ1) is 15.1. The second kappa shape index (κ2) is 6.92. The van der Waals surface area contributed by atoms with Crippen LogP contribution in [0.15, 0.2) is 52.6 Å². The third kappa shape index (κ3) is 3.14. The Morgan fingerprint density at radius 3 is 2.74 bits per heavy atom. The number of carbonyl (C=O) groups excluding carboxylic acids is 1. The minimum atomic E-state index is -0.153. The van der Waals surface area contributed by atoms with Gasteiger partial charge in [-0.1, -0.05) is 6.07 Å². The number of nitrogens with zero attached hydrogens (tertiary/aromatic N) is 1. The number of rotatable bonds is 3. The zero-order chi connectivity index (χ0) is 20.9. The molecule has 7 nitrogen and oxygen atoms in total. The van der Waals surface area contributed by atoms with Crippen molar-refractivity contribution in [2.24, 2.45) is 0 Å². The van der Waals surface area contributed by atoms with Crippen molar-refractivity contribution < 1.29 is 28.2 Å². The van der Waals surface area contributed by atoms with Crippen LogP contribution in [-0.4, -0.2) is 24.2 Å². The summed E-state index contributed by atoms with van der Waals surface area (Å²) in [6.07, 6.45) is 1.63. The standard InChI is InChI=1S/C24H19NO6/c1-14-2-4-16(30-14)9-22-23(26)17-5-7-19-18(24(17)31-22)11-25(12-27-19)10-15-3-6-20-21(8-15)29-13-28-20/h2-9H,10-13H2,1H3/b22-9-. The minimum Gasteiger partial charge on any atom is -0.478 e. The van der Waals surface area contributed by atoms with E-state index in [4.69, 9.17) is 23.4 Å². The van der Waals surface area contributed by atoms with E-state index in [1.807, 2.05) is 43.3 Å². The third-order valence-corrected chi connectivity index (χ3v) is 5.56. The van der Waals surface area contributed by atoms with Crippen LogP contribution in [0.25, 0.3) is 6.08 Å². The summed E-state index contributed by atoms with van der Waals surface area (Å²) in [5, 5.41) is 0. The van der Waals surface area contributed by atoms with Gasteiger partial charge >= 0.3 is 0 Å². The van der Waals surface area contributed by atoms with E-state index in [-0.39, 0.29) is 18.3 Å². The second-order valence-electron chi connectivity index (χ2n) is 7.76. The first kappa shape index (κ1) is 18.1. The molecule has 0 radical (unpaired) electrons. The summed E-state index contributed by atoms with van der Waals surface area (Å²) < 4.78 is 28.4. The number of fused-ring (bicyclic) bond motifs is 4. The van der Waals surface area contributed by atoms with Gasteiger partial charge in [-0.3, -0.25) is 9.69 Å². The Morgan fingerprint density at radius 2 is 1.87 bits per heavy atom. The molecule has 0 unspecified atom stereocenters. The molecule has 4 heterocycles. The summed E-state index contributed by atoms with van der Waals surface area (Å²) >= 11 is 0. The fourth-order valence-corrected chi connectivity index (χ4v) is 4.06. The lowest BCUT2D eigenvalue weighted by atomic mass is 10.0. The normalized spacial score (nSPS) is 18.0. The molecular formula is C24H19NO6. The lowest BCUT2D eigenvalue weighted by Crippen LogP contribution is -2.31. The molecular weight excluding hydrogens is 398 g/mol. The maximum atomic E-state index is 12.9. The van der Waals surface area contributed by atoms with Gasteiger partial charge in [-0.2, -0.15) is 0 Å². The Morgan fingerprint density at radius 1 is 1.00 bits per heavy atom. The quantitative estimate of drug-likeness (QED) is 0.589. The predicted molar refractivity (Wildman–Crippen MR) is 110 cm³/mol. The number of aryl methyl sites for hydroxylation is 1. The van der Waals surface area contributed by atoms with E-state index in [1.165, 1.54) is 0 Å². The smallest absolute Gasteiger partial charge is 0.232 e. The van der Waals surface area contributed by atoms with E-state index < -0.39 is 0 Å². The van der Waals surface area contributed by atoms with Crippen molar-refractivity contribution >= 4 is 11.9 Å². The Kier molecular flexibility index (Phi) is 4.04. The summed E-state index contributed by atoms with van der Waals surface area (Å²) in [7, 11) is 0. The van der Waals surface area contributed by atoms with Gasteiger partial charge < -0.3 is 23.4 Å². The Bertz CT molecular complexity index is 1240. The van der Waals surface area contributed by atoms with Gasteiger partial charge in [-0.05, 0) is 48.9 Å². The summed E-state index contributed by atoms with van der Waals surface area (Å²) in [5.41, 5.74) is 2.51. The van der Waals surface area contributed by atoms with Gasteiger partial charge in [0.1, 0.15) is 29.8 Å². The first-order valence-electron chi connectivity index (χ1n) is 10.0. The van der Waals surface area contributed by atoms with E-state index in [0.29, 0.717) is 36.9 Å². The molecule has 0 saturated carbocycles. The molecule has 3 aromatic rings. The Balaban J connectivity index is 1.26. The highest BCUT2D eigenvalue weighted by molar-refractivity contribution is 6.14. The lowest BCUT2D eigenvalue weighted by molar-refractivity contribution is 0.0872. The fraction of sp³-hybridized carbons (Fsp3) is 0.208. The maximum Gasteiger partial charge on any atom is 0.232 e. The van der Waals surface area contributed by atoms with Gasteiger partial charge in [0.15, 0.2) is 17.3 Å². The molecule has 0 spiro atoms. The molecule has 0 saturated heterocycles. The largest absolute Gasteiger partial charge is 0.478 e. The first-order valence-corrected chi connectivity index (χ1v) is 10.0. The molecule has 0 bridgehead atoms. The molecule has 3 aliphatic rings. The second-order valence-corrected chi connectivity index (χ2v) is 7.76. The molecule has 0 atom stereocenters. The number of ether oxygens (including phenoxy) is 4. The van der Waals surface area contributed by atoms with Crippen LogP contribution in [0.2, 0.25) is 0 Å². The van der Waals surface area contributed by atoms with Crippen LogP contribution < -0.4 is 18.9 Å². The van der Waals surface area contributed by atoms with Crippen LogP contribution in [-0.2, 0) is 13.1 Å². The van der Waals surface area contributed by atoms with Crippen LogP contribution in [0.3, 0.4) is 0 Å². The molecule has 7 heteroatoms. The number of allylic oxidation sites excluding steroid dienone is 1. The molecule has 3 aliphatic heterocycles. The van der Waals surface area contributed by atoms with Crippen molar-refractivity contribution in [2.75, 3.05) is 13.5 Å². The molecule has 31 heavy (non-hydrogen) atoms. The molecule has 6 rings (SSSR count). The zero-order valence-corrected chi connectivity index (χ0v) is 16.8. The van der Waals surface area contributed by atoms with Gasteiger partial charge in [-0.15, -0.1) is 0 Å². The van der Waals surface area contributed by atoms with E-state index in [0.717, 1.165) is 34.1 Å². The van der Waals surface area contributed by atoms with Crippen LogP contribution in [0, 0.1) is 6.92 Å². The Hall–Kier alpha value is -3.71. The molecule has 0 fully saturated rings. The number of Topliss-reactive ketones (excluding diaryl/α,β-unsaturated/α-hetero) is 1. The average Bonchev–Trinajstić information content (AvgIpc) is 3.48. The number of hydrogen-bond donors (Lipinski definition) is 0. The molecule has 156 valence electrons. The van der Waals surface area contributed by atoms with Gasteiger partial charge in [0, 0.05) is 19.2 Å². The predicted octanol–water partition coefficient (Wildman–Crippen LogP) is 4.29. The highest BCUT2D eigenvalue weighted by Crippen LogP contribution is 2.42. The van der Waals surface area contributed by atoms with Gasteiger partial charge in [0.2, 0.25) is 12.6 Å². The third-order valence-electron chi connectivity index (χ3n) is 5.56. The van der Waals surface area contributed by atoms with E-state index in [9.17, 15) is 4.79 Å². The number of carbonyl (C=O) groups is 1. The lowest BCUT2D eigenvalue weighted by Gasteiger charge is -2.29. The van der Waals surface area contributed by atoms with E-state index in [1.54, 1.807) is 12.1 Å². The molecule has 0 amide bonds. The van der Waals surface area contributed by atoms with Crippen molar-refractivity contribution in [1.29, 1.82) is 0 Å². The topological polar surface area (TPSA) is 70.4 Å². The summed E-state index contributed by atoms with van der Waals surface area (Å²) in [5.74, 6) is 4.29. The number of hydrogen-bond acceptors (Lipinski definition) is 7. The number of furan rings is 1. The fourth-order valence-electron chi connectivity index (χ4n) is 4.06. The molecule has 1 aromatic heterocycles. The molecule has 0 aliphatic carbocycles. The van der Waals surface area contributed by atoms with Crippen LogP contribution in [0.1, 0.15) is 33.0 Å². The average molecular weight is 417 g/mol. The zero-order valence-electron chi connectivity index (χ0n) is 16.8. The van der Waals surface area contributed by atoms with Crippen molar-refractivity contribution in [1.82, 2.24) is 4.90 Å². The number of benzene rings is 2. The van der Waals surface area contributed by atoms with Gasteiger partial charge in [0.05, 0.1) is 11.1 Å². The summed E-state index contributed by atoms with van der Waals surface area (Å²) in [6.45, 7) is 3.83. The SMILES string of the molecule is Cc1ccc(/C=C2\Oc3c(ccc4c3CN(Cc3ccc5c(c3)OCO5)CO4)C2=O)o1. The highest BCUT2D eigenvalue weighted by atomic mass is 16.7. The maximum absolute atomic E-state index is 12.9. The van der Waals surface area contributed by atoms with Crippen molar-refractivity contribution in [3.05, 3.63) is 76.4 Å². The van der Waals surface area contributed by atoms with Gasteiger partial charge in [0.25, 0.3) is 0 Å². The minimum absolute atomic E-state index is 0.153. The van der Waals surface area contributed by atoms with Gasteiger partial charge in [-0.25, -0.2) is 0 Å². The summed E-state index contributed by atoms with van der Waals surface area (Å²) in [4.78, 5) is 15.0.